The summed E-state index contributed by atoms with van der Waals surface area (Å²) in [5.41, 5.74) is 3.47. The van der Waals surface area contributed by atoms with Crippen LogP contribution in [0.1, 0.15) is 38.5 Å². The lowest BCUT2D eigenvalue weighted by Gasteiger charge is -2.31. The lowest BCUT2D eigenvalue weighted by molar-refractivity contribution is 0.312. The van der Waals surface area contributed by atoms with Gasteiger partial charge in [0.05, 0.1) is 0 Å². The van der Waals surface area contributed by atoms with Crippen molar-refractivity contribution in [1.82, 2.24) is 0 Å². The van der Waals surface area contributed by atoms with Crippen LogP contribution >= 0.6 is 0 Å². The molecule has 3 saturated carbocycles. The van der Waals surface area contributed by atoms with Crippen LogP contribution < -0.4 is 0 Å². The van der Waals surface area contributed by atoms with Crippen molar-refractivity contribution in [3.63, 3.8) is 0 Å². The minimum Gasteiger partial charge on any atom is -0.0771 e. The standard InChI is InChI=1S/C14H18/c1-2-9-7-13-11-4-5-12(6-11)14(13)8-10(9)3-1/h7-8,11-14H,1-6H2/t11-,12+,13?,14?. The maximum absolute atomic E-state index is 2.68. The van der Waals surface area contributed by atoms with Gasteiger partial charge in [-0.3, -0.25) is 0 Å². The summed E-state index contributed by atoms with van der Waals surface area (Å²) in [6.07, 6.45) is 14.1. The third kappa shape index (κ3) is 0.852. The predicted octanol–water partition coefficient (Wildman–Crippen LogP) is 3.70. The second-order valence-electron chi connectivity index (χ2n) is 5.73. The van der Waals surface area contributed by atoms with Gasteiger partial charge in [0.1, 0.15) is 0 Å². The molecule has 0 radical (unpaired) electrons. The molecule has 0 saturated heterocycles. The average molecular weight is 186 g/mol. The fraction of sp³-hybridized carbons (Fsp3) is 0.714. The van der Waals surface area contributed by atoms with Crippen molar-refractivity contribution in [3.8, 4) is 0 Å². The van der Waals surface area contributed by atoms with E-state index in [1.807, 2.05) is 0 Å². The van der Waals surface area contributed by atoms with Crippen molar-refractivity contribution in [2.24, 2.45) is 23.7 Å². The van der Waals surface area contributed by atoms with Gasteiger partial charge in [-0.2, -0.15) is 0 Å². The summed E-state index contributed by atoms with van der Waals surface area (Å²) in [7, 11) is 0. The molecule has 4 rings (SSSR count). The van der Waals surface area contributed by atoms with Crippen LogP contribution in [-0.4, -0.2) is 0 Å². The van der Waals surface area contributed by atoms with Gasteiger partial charge in [-0.25, -0.2) is 0 Å². The highest BCUT2D eigenvalue weighted by molar-refractivity contribution is 5.40. The number of fused-ring (bicyclic) bond motifs is 6. The maximum atomic E-state index is 2.68. The Bertz CT molecular complexity index is 302. The second-order valence-corrected chi connectivity index (χ2v) is 5.73. The maximum Gasteiger partial charge on any atom is -0.0133 e. The lowest BCUT2D eigenvalue weighted by atomic mass is 9.74. The molecule has 14 heavy (non-hydrogen) atoms. The van der Waals surface area contributed by atoms with E-state index in [1.54, 1.807) is 17.6 Å². The molecular formula is C14H18. The number of rotatable bonds is 0. The summed E-state index contributed by atoms with van der Waals surface area (Å²) in [6.45, 7) is 0. The molecule has 0 amide bonds. The Kier molecular flexibility index (Phi) is 1.40. The first kappa shape index (κ1) is 7.73. The molecule has 4 atom stereocenters. The number of hydrogen-bond acceptors (Lipinski definition) is 0. The van der Waals surface area contributed by atoms with Gasteiger partial charge in [-0.15, -0.1) is 0 Å². The van der Waals surface area contributed by atoms with Crippen molar-refractivity contribution in [2.45, 2.75) is 38.5 Å². The Morgan fingerprint density at radius 3 is 2.00 bits per heavy atom. The van der Waals surface area contributed by atoms with Crippen LogP contribution in [0, 0.1) is 23.7 Å². The van der Waals surface area contributed by atoms with Gasteiger partial charge in [0.15, 0.2) is 0 Å². The highest BCUT2D eigenvalue weighted by Gasteiger charge is 2.47. The monoisotopic (exact) mass is 186 g/mol. The smallest absolute Gasteiger partial charge is 0.0133 e. The highest BCUT2D eigenvalue weighted by Crippen LogP contribution is 2.56. The minimum atomic E-state index is 0.964. The molecule has 0 heteroatoms. The molecule has 0 heterocycles. The zero-order chi connectivity index (χ0) is 9.12. The van der Waals surface area contributed by atoms with Crippen LogP contribution in [0.25, 0.3) is 0 Å². The number of hydrogen-bond donors (Lipinski definition) is 0. The summed E-state index contributed by atoms with van der Waals surface area (Å²) < 4.78 is 0. The van der Waals surface area contributed by atoms with E-state index in [-0.39, 0.29) is 0 Å². The molecule has 3 fully saturated rings. The third-order valence-electron chi connectivity index (χ3n) is 5.14. The second kappa shape index (κ2) is 2.53. The molecule has 4 aliphatic rings. The van der Waals surface area contributed by atoms with Gasteiger partial charge >= 0.3 is 0 Å². The Balaban J connectivity index is 1.77. The summed E-state index contributed by atoms with van der Waals surface area (Å²) in [5, 5.41) is 0. The van der Waals surface area contributed by atoms with E-state index in [9.17, 15) is 0 Å². The first-order chi connectivity index (χ1) is 6.92. The SMILES string of the molecule is C1=C2CCCC2=CC2C1[C@@H]1CC[C@H]2C1. The van der Waals surface area contributed by atoms with Crippen LogP contribution in [0.2, 0.25) is 0 Å². The quantitative estimate of drug-likeness (QED) is 0.541. The summed E-state index contributed by atoms with van der Waals surface area (Å²) in [6, 6.07) is 0. The van der Waals surface area contributed by atoms with E-state index in [1.165, 1.54) is 32.1 Å². The van der Waals surface area contributed by atoms with Crippen LogP contribution in [0.5, 0.6) is 0 Å². The van der Waals surface area contributed by atoms with E-state index in [0.717, 1.165) is 23.7 Å². The van der Waals surface area contributed by atoms with Crippen molar-refractivity contribution >= 4 is 0 Å². The zero-order valence-corrected chi connectivity index (χ0v) is 8.71. The summed E-state index contributed by atoms with van der Waals surface area (Å²) in [5.74, 6) is 4.06. The Hall–Kier alpha value is -0.520. The first-order valence-electron chi connectivity index (χ1n) is 6.33. The van der Waals surface area contributed by atoms with E-state index >= 15 is 0 Å². The van der Waals surface area contributed by atoms with Gasteiger partial charge < -0.3 is 0 Å². The molecule has 0 aromatic carbocycles. The van der Waals surface area contributed by atoms with E-state index < -0.39 is 0 Å². The topological polar surface area (TPSA) is 0 Å². The summed E-state index contributed by atoms with van der Waals surface area (Å²) in [4.78, 5) is 0. The van der Waals surface area contributed by atoms with Crippen molar-refractivity contribution in [2.75, 3.05) is 0 Å². The molecule has 2 unspecified atom stereocenters. The van der Waals surface area contributed by atoms with Crippen LogP contribution in [0.4, 0.5) is 0 Å². The molecule has 74 valence electrons. The molecule has 0 aliphatic heterocycles. The highest BCUT2D eigenvalue weighted by atomic mass is 14.5. The van der Waals surface area contributed by atoms with Crippen molar-refractivity contribution < 1.29 is 0 Å². The van der Waals surface area contributed by atoms with Crippen LogP contribution in [0.3, 0.4) is 0 Å². The van der Waals surface area contributed by atoms with E-state index in [0.29, 0.717) is 0 Å². The molecule has 0 aromatic heterocycles. The fourth-order valence-electron chi connectivity index (χ4n) is 4.51. The van der Waals surface area contributed by atoms with Gasteiger partial charge in [0.2, 0.25) is 0 Å². The predicted molar refractivity (Wildman–Crippen MR) is 57.8 cm³/mol. The summed E-state index contributed by atoms with van der Waals surface area (Å²) >= 11 is 0. The van der Waals surface area contributed by atoms with Crippen molar-refractivity contribution in [1.29, 1.82) is 0 Å². The molecule has 0 nitrogen and oxygen atoms in total. The molecule has 0 spiro atoms. The van der Waals surface area contributed by atoms with Crippen molar-refractivity contribution in [3.05, 3.63) is 23.3 Å². The van der Waals surface area contributed by atoms with Crippen LogP contribution in [0.15, 0.2) is 23.3 Å². The van der Waals surface area contributed by atoms with E-state index in [4.69, 9.17) is 0 Å². The third-order valence-corrected chi connectivity index (χ3v) is 5.14. The molecule has 4 aliphatic carbocycles. The number of allylic oxidation sites excluding steroid dienone is 4. The molecule has 0 aromatic rings. The lowest BCUT2D eigenvalue weighted by Crippen LogP contribution is -2.22. The molecule has 0 N–H and O–H groups in total. The van der Waals surface area contributed by atoms with Gasteiger partial charge in [-0.05, 0) is 73.3 Å². The van der Waals surface area contributed by atoms with Gasteiger partial charge in [0.25, 0.3) is 0 Å². The Morgan fingerprint density at radius 2 is 1.43 bits per heavy atom. The van der Waals surface area contributed by atoms with E-state index in [2.05, 4.69) is 12.2 Å². The normalized spacial score (nSPS) is 48.6. The molecule has 2 bridgehead atoms. The molecular weight excluding hydrogens is 168 g/mol. The Labute approximate surface area is 86.1 Å². The van der Waals surface area contributed by atoms with Gasteiger partial charge in [-0.1, -0.05) is 12.2 Å². The average Bonchev–Trinajstić information content (AvgIpc) is 2.90. The Morgan fingerprint density at radius 1 is 0.857 bits per heavy atom. The minimum absolute atomic E-state index is 0.964. The fourth-order valence-corrected chi connectivity index (χ4v) is 4.51. The largest absolute Gasteiger partial charge is 0.0771 e. The van der Waals surface area contributed by atoms with Gasteiger partial charge in [0, 0.05) is 0 Å². The zero-order valence-electron chi connectivity index (χ0n) is 8.71. The van der Waals surface area contributed by atoms with Crippen LogP contribution in [-0.2, 0) is 0 Å². The first-order valence-corrected chi connectivity index (χ1v) is 6.33.